The molecule has 228 valence electrons. The summed E-state index contributed by atoms with van der Waals surface area (Å²) in [6.45, 7) is 3.84. The van der Waals surface area contributed by atoms with Gasteiger partial charge in [-0.15, -0.1) is 0 Å². The molecular formula is C34H36FN5O4. The van der Waals surface area contributed by atoms with E-state index >= 15 is 4.39 Å². The van der Waals surface area contributed by atoms with Gasteiger partial charge in [-0.05, 0) is 74.5 Å². The Morgan fingerprint density at radius 2 is 1.77 bits per heavy atom. The first-order valence-electron chi connectivity index (χ1n) is 15.7. The predicted molar refractivity (Wildman–Crippen MR) is 164 cm³/mol. The zero-order chi connectivity index (χ0) is 29.8. The van der Waals surface area contributed by atoms with Crippen LogP contribution in [-0.4, -0.2) is 77.9 Å². The fraction of sp³-hybridized carbons (Fsp3) is 0.471. The zero-order valence-electron chi connectivity index (χ0n) is 24.9. The van der Waals surface area contributed by atoms with E-state index in [0.717, 1.165) is 62.4 Å². The lowest BCUT2D eigenvalue weighted by Crippen LogP contribution is -2.44. The van der Waals surface area contributed by atoms with Crippen molar-refractivity contribution in [3.05, 3.63) is 48.4 Å². The number of nitrogens with zero attached hydrogens (tertiary/aromatic N) is 5. The van der Waals surface area contributed by atoms with Crippen LogP contribution in [0.25, 0.3) is 32.9 Å². The Morgan fingerprint density at radius 3 is 2.55 bits per heavy atom. The molecule has 44 heavy (non-hydrogen) atoms. The van der Waals surface area contributed by atoms with Crippen molar-refractivity contribution in [2.45, 2.75) is 44.1 Å². The van der Waals surface area contributed by atoms with Gasteiger partial charge in [0.1, 0.15) is 35.2 Å². The molecule has 8 rings (SSSR count). The van der Waals surface area contributed by atoms with Crippen LogP contribution in [0.5, 0.6) is 11.8 Å². The number of aromatic nitrogens is 3. The minimum Gasteiger partial charge on any atom is -0.468 e. The molecular weight excluding hydrogens is 561 g/mol. The van der Waals surface area contributed by atoms with E-state index in [2.05, 4.69) is 14.8 Å². The fourth-order valence-corrected chi connectivity index (χ4v) is 8.03. The van der Waals surface area contributed by atoms with E-state index in [-0.39, 0.29) is 41.4 Å². The highest BCUT2D eigenvalue weighted by atomic mass is 19.1. The van der Waals surface area contributed by atoms with Crippen LogP contribution >= 0.6 is 0 Å². The number of rotatable bonds is 8. The van der Waals surface area contributed by atoms with Gasteiger partial charge in [0.2, 0.25) is 0 Å². The van der Waals surface area contributed by atoms with Gasteiger partial charge in [0.15, 0.2) is 12.6 Å². The number of pyridine rings is 1. The molecule has 4 fully saturated rings. The van der Waals surface area contributed by atoms with Crippen molar-refractivity contribution in [1.82, 2.24) is 19.9 Å². The lowest BCUT2D eigenvalue weighted by molar-refractivity contribution is -0.124. The first-order valence-corrected chi connectivity index (χ1v) is 15.7. The summed E-state index contributed by atoms with van der Waals surface area (Å²) >= 11 is 0. The van der Waals surface area contributed by atoms with Gasteiger partial charge in [0, 0.05) is 43.8 Å². The molecule has 3 aliphatic heterocycles. The van der Waals surface area contributed by atoms with E-state index < -0.39 is 5.82 Å². The lowest BCUT2D eigenvalue weighted by Gasteiger charge is -2.33. The highest BCUT2D eigenvalue weighted by Gasteiger charge is 2.45. The quantitative estimate of drug-likeness (QED) is 0.248. The van der Waals surface area contributed by atoms with E-state index in [4.69, 9.17) is 24.2 Å². The molecule has 2 aromatic heterocycles. The molecule has 1 aliphatic carbocycles. The van der Waals surface area contributed by atoms with Gasteiger partial charge < -0.3 is 19.1 Å². The number of halogens is 1. The second-order valence-corrected chi connectivity index (χ2v) is 12.7. The lowest BCUT2D eigenvalue weighted by atomic mass is 9.95. The average molecular weight is 598 g/mol. The maximum Gasteiger partial charge on any atom is 0.319 e. The summed E-state index contributed by atoms with van der Waals surface area (Å²) in [5.74, 6) is 0.896. The van der Waals surface area contributed by atoms with Crippen molar-refractivity contribution in [1.29, 1.82) is 0 Å². The molecule has 0 radical (unpaired) electrons. The van der Waals surface area contributed by atoms with Crippen molar-refractivity contribution in [3.63, 3.8) is 0 Å². The molecule has 2 unspecified atom stereocenters. The second-order valence-electron chi connectivity index (χ2n) is 12.7. The Balaban J connectivity index is 1.25. The Hall–Kier alpha value is -3.89. The van der Waals surface area contributed by atoms with E-state index in [1.54, 1.807) is 19.4 Å². The topological polar surface area (TPSA) is 89.9 Å². The van der Waals surface area contributed by atoms with Gasteiger partial charge in [0.05, 0.1) is 10.9 Å². The van der Waals surface area contributed by atoms with Crippen LogP contribution in [0.15, 0.2) is 42.6 Å². The number of carbonyl (C=O) groups excluding carboxylic acids is 1. The molecule has 2 atom stereocenters. The van der Waals surface area contributed by atoms with Crippen molar-refractivity contribution in [2.24, 2.45) is 11.8 Å². The minimum atomic E-state index is -0.539. The number of benzene rings is 2. The number of anilines is 1. The highest BCUT2D eigenvalue weighted by Crippen LogP contribution is 2.42. The Labute approximate surface area is 255 Å². The van der Waals surface area contributed by atoms with Gasteiger partial charge in [-0.1, -0.05) is 24.3 Å². The van der Waals surface area contributed by atoms with Crippen LogP contribution in [0, 0.1) is 17.7 Å². The third-order valence-corrected chi connectivity index (χ3v) is 10.2. The van der Waals surface area contributed by atoms with Gasteiger partial charge in [-0.3, -0.25) is 14.7 Å². The summed E-state index contributed by atoms with van der Waals surface area (Å²) in [7, 11) is 1.56. The fourth-order valence-electron chi connectivity index (χ4n) is 8.03. The molecule has 0 spiro atoms. The van der Waals surface area contributed by atoms with Crippen LogP contribution in [-0.2, 0) is 9.53 Å². The van der Waals surface area contributed by atoms with E-state index in [1.807, 2.05) is 30.3 Å². The van der Waals surface area contributed by atoms with Gasteiger partial charge in [-0.25, -0.2) is 4.39 Å². The SMILES string of the molecule is COCOc1cc(-c2ncc3c(N4CC5CCC(C4)C5=O)nc(OCC45CCCN4CCC5)nc3c2F)c2ccccc2c1. The average Bonchev–Trinajstić information content (AvgIpc) is 3.67. The third kappa shape index (κ3) is 4.57. The minimum absolute atomic E-state index is 0.00135. The second kappa shape index (κ2) is 10.9. The highest BCUT2D eigenvalue weighted by molar-refractivity contribution is 6.00. The number of fused-ring (bicyclic) bond motifs is 5. The van der Waals surface area contributed by atoms with Crippen LogP contribution in [0.4, 0.5) is 10.2 Å². The number of carbonyl (C=O) groups is 1. The van der Waals surface area contributed by atoms with Gasteiger partial charge in [0.25, 0.3) is 0 Å². The zero-order valence-corrected chi connectivity index (χ0v) is 24.9. The standard InChI is InChI=1S/C34H36FN5O4/c1-42-20-44-24-14-21-6-2-3-7-25(21)26(15-24)29-28(35)30-27(16-36-29)32(39-17-22-8-9-23(18-39)31(22)41)38-33(37-30)43-19-34-10-4-12-40(34)13-5-11-34/h2-3,6-7,14-16,22-23H,4-5,8-13,17-20H2,1H3. The first-order chi connectivity index (χ1) is 21.5. The van der Waals surface area contributed by atoms with E-state index in [1.165, 1.54) is 0 Å². The maximum atomic E-state index is 16.8. The van der Waals surface area contributed by atoms with Crippen LogP contribution in [0.2, 0.25) is 0 Å². The number of hydrogen-bond donors (Lipinski definition) is 0. The van der Waals surface area contributed by atoms with Crippen LogP contribution < -0.4 is 14.4 Å². The number of ether oxygens (including phenoxy) is 3. The summed E-state index contributed by atoms with van der Waals surface area (Å²) in [4.78, 5) is 31.6. The monoisotopic (exact) mass is 597 g/mol. The van der Waals surface area contributed by atoms with E-state index in [0.29, 0.717) is 48.0 Å². The Morgan fingerprint density at radius 1 is 1.00 bits per heavy atom. The maximum absolute atomic E-state index is 16.8. The molecule has 2 aromatic carbocycles. The molecule has 4 aliphatic rings. The third-order valence-electron chi connectivity index (χ3n) is 10.2. The number of hydrogen-bond acceptors (Lipinski definition) is 9. The summed E-state index contributed by atoms with van der Waals surface area (Å²) in [5.41, 5.74) is 0.944. The van der Waals surface area contributed by atoms with Gasteiger partial charge >= 0.3 is 6.01 Å². The summed E-state index contributed by atoms with van der Waals surface area (Å²) in [6.07, 6.45) is 7.91. The Kier molecular flexibility index (Phi) is 6.86. The first kappa shape index (κ1) is 27.6. The molecule has 5 heterocycles. The molecule has 9 nitrogen and oxygen atoms in total. The van der Waals surface area contributed by atoms with Crippen molar-refractivity contribution in [3.8, 4) is 23.0 Å². The molecule has 10 heteroatoms. The Bertz CT molecular complexity index is 1740. The number of Topliss-reactive ketones (excluding diaryl/α,β-unsaturated/α-hetero) is 1. The van der Waals surface area contributed by atoms with Crippen molar-refractivity contribution < 1.29 is 23.4 Å². The largest absolute Gasteiger partial charge is 0.468 e. The van der Waals surface area contributed by atoms with E-state index in [9.17, 15) is 4.79 Å². The van der Waals surface area contributed by atoms with Gasteiger partial charge in [-0.2, -0.15) is 9.97 Å². The number of methoxy groups -OCH3 is 1. The van der Waals surface area contributed by atoms with Crippen LogP contribution in [0.3, 0.4) is 0 Å². The molecule has 0 amide bonds. The smallest absolute Gasteiger partial charge is 0.319 e. The predicted octanol–water partition coefficient (Wildman–Crippen LogP) is 5.39. The summed E-state index contributed by atoms with van der Waals surface area (Å²) in [5, 5.41) is 2.27. The number of piperidine rings is 1. The number of ketones is 1. The van der Waals surface area contributed by atoms with Crippen molar-refractivity contribution in [2.75, 3.05) is 51.6 Å². The molecule has 4 aromatic rings. The molecule has 2 bridgehead atoms. The van der Waals surface area contributed by atoms with Crippen LogP contribution in [0.1, 0.15) is 38.5 Å². The van der Waals surface area contributed by atoms with Crippen molar-refractivity contribution >= 4 is 33.3 Å². The summed E-state index contributed by atoms with van der Waals surface area (Å²) < 4.78 is 34.1. The summed E-state index contributed by atoms with van der Waals surface area (Å²) in [6, 6.07) is 11.6. The molecule has 0 N–H and O–H groups in total. The molecule has 3 saturated heterocycles. The molecule has 1 saturated carbocycles. The normalized spacial score (nSPS) is 22.7.